The summed E-state index contributed by atoms with van der Waals surface area (Å²) in [6.07, 6.45) is -1.06. The van der Waals surface area contributed by atoms with Gasteiger partial charge in [0.2, 0.25) is 0 Å². The van der Waals surface area contributed by atoms with Crippen LogP contribution in [0.1, 0.15) is 18.6 Å². The molecule has 8 nitrogen and oxygen atoms in total. The van der Waals surface area contributed by atoms with E-state index in [9.17, 15) is 24.8 Å². The number of carbonyl (C=O) groups excluding carboxylic acids is 2. The molecule has 23 heavy (non-hydrogen) atoms. The van der Waals surface area contributed by atoms with Crippen LogP contribution in [-0.2, 0) is 14.3 Å². The number of hydrogen-bond acceptors (Lipinski definition) is 6. The second-order valence-corrected chi connectivity index (χ2v) is 5.57. The Bertz CT molecular complexity index is 578. The Morgan fingerprint density at radius 1 is 1.35 bits per heavy atom. The Balaban J connectivity index is 3.08. The molecule has 126 valence electrons. The van der Waals surface area contributed by atoms with Gasteiger partial charge in [-0.05, 0) is 17.7 Å². The molecule has 0 aliphatic heterocycles. The van der Waals surface area contributed by atoms with Crippen molar-refractivity contribution in [2.24, 2.45) is 0 Å². The minimum atomic E-state index is -1.36. The maximum atomic E-state index is 11.6. The van der Waals surface area contributed by atoms with Gasteiger partial charge < -0.3 is 15.2 Å². The summed E-state index contributed by atoms with van der Waals surface area (Å²) in [5.74, 6) is -1.43. The van der Waals surface area contributed by atoms with Crippen LogP contribution < -0.4 is 5.32 Å². The number of ether oxygens (including phenoxy) is 1. The van der Waals surface area contributed by atoms with Crippen molar-refractivity contribution < 1.29 is 24.4 Å². The summed E-state index contributed by atoms with van der Waals surface area (Å²) < 4.78 is 5.10. The highest BCUT2D eigenvalue weighted by Crippen LogP contribution is 2.24. The molecule has 0 fully saturated rings. The molecule has 1 amide bonds. The quantitative estimate of drug-likeness (QED) is 0.327. The van der Waals surface area contributed by atoms with Crippen molar-refractivity contribution in [3.05, 3.63) is 39.9 Å². The van der Waals surface area contributed by atoms with Gasteiger partial charge in [0.05, 0.1) is 17.6 Å². The van der Waals surface area contributed by atoms with Gasteiger partial charge in [-0.2, -0.15) is 0 Å². The van der Waals surface area contributed by atoms with Gasteiger partial charge in [-0.15, -0.1) is 0 Å². The summed E-state index contributed by atoms with van der Waals surface area (Å²) in [6, 6.07) is 4.13. The molecule has 0 radical (unpaired) electrons. The molecule has 10 heteroatoms. The highest BCUT2D eigenvalue weighted by atomic mass is 35.5. The molecular weight excluding hydrogens is 351 g/mol. The van der Waals surface area contributed by atoms with Crippen LogP contribution in [0.25, 0.3) is 0 Å². The number of hydrogen-bond donors (Lipinski definition) is 2. The fourth-order valence-electron chi connectivity index (χ4n) is 1.81. The molecule has 0 heterocycles. The van der Waals surface area contributed by atoms with Crippen LogP contribution in [0.2, 0.25) is 0 Å². The SMILES string of the molecule is CC(=O)O[C@@H](c1ccc([N+](=O)[O-])cc1)[C@H](CO)NC(=O)C(Cl)Cl. The van der Waals surface area contributed by atoms with Crippen molar-refractivity contribution in [3.8, 4) is 0 Å². The highest BCUT2D eigenvalue weighted by molar-refractivity contribution is 6.53. The molecule has 0 bridgehead atoms. The zero-order valence-corrected chi connectivity index (χ0v) is 13.5. The van der Waals surface area contributed by atoms with Crippen molar-refractivity contribution in [2.75, 3.05) is 6.61 Å². The lowest BCUT2D eigenvalue weighted by atomic mass is 10.0. The Kier molecular flexibility index (Phi) is 7.21. The maximum Gasteiger partial charge on any atom is 0.303 e. The van der Waals surface area contributed by atoms with Crippen LogP contribution >= 0.6 is 23.2 Å². The average molecular weight is 365 g/mol. The molecule has 0 unspecified atom stereocenters. The lowest BCUT2D eigenvalue weighted by Gasteiger charge is -2.26. The van der Waals surface area contributed by atoms with E-state index in [-0.39, 0.29) is 5.69 Å². The fraction of sp³-hybridized carbons (Fsp3) is 0.385. The minimum Gasteiger partial charge on any atom is -0.455 e. The summed E-state index contributed by atoms with van der Waals surface area (Å²) in [5.41, 5.74) is 0.201. The molecule has 0 saturated heterocycles. The molecule has 1 aromatic rings. The van der Waals surface area contributed by atoms with Gasteiger partial charge in [0.1, 0.15) is 6.10 Å². The molecule has 0 aliphatic rings. The number of nitrogens with one attached hydrogen (secondary N) is 1. The van der Waals surface area contributed by atoms with Crippen molar-refractivity contribution in [1.82, 2.24) is 5.32 Å². The predicted molar refractivity (Wildman–Crippen MR) is 82.1 cm³/mol. The lowest BCUT2D eigenvalue weighted by Crippen LogP contribution is -2.45. The molecule has 0 aliphatic carbocycles. The first-order valence-corrected chi connectivity index (χ1v) is 7.24. The lowest BCUT2D eigenvalue weighted by molar-refractivity contribution is -0.384. The molecule has 0 aromatic heterocycles. The number of nitrogens with zero attached hydrogens (tertiary/aromatic N) is 1. The number of rotatable bonds is 7. The van der Waals surface area contributed by atoms with E-state index in [0.29, 0.717) is 5.56 Å². The molecule has 2 N–H and O–H groups in total. The van der Waals surface area contributed by atoms with E-state index in [1.165, 1.54) is 24.3 Å². The van der Waals surface area contributed by atoms with Gasteiger partial charge >= 0.3 is 5.97 Å². The normalized spacial score (nSPS) is 13.3. The van der Waals surface area contributed by atoms with E-state index in [1.54, 1.807) is 0 Å². The van der Waals surface area contributed by atoms with Gasteiger partial charge in [0.25, 0.3) is 11.6 Å². The molecular formula is C13H14Cl2N2O6. The number of nitro benzene ring substituents is 1. The molecule has 2 atom stereocenters. The van der Waals surface area contributed by atoms with Crippen molar-refractivity contribution in [1.29, 1.82) is 0 Å². The fourth-order valence-corrected chi connectivity index (χ4v) is 1.94. The Morgan fingerprint density at radius 2 is 1.91 bits per heavy atom. The van der Waals surface area contributed by atoms with Crippen LogP contribution in [0, 0.1) is 10.1 Å². The number of alkyl halides is 2. The Labute approximate surface area is 141 Å². The van der Waals surface area contributed by atoms with Crippen molar-refractivity contribution in [3.63, 3.8) is 0 Å². The number of carbonyl (C=O) groups is 2. The van der Waals surface area contributed by atoms with E-state index in [0.717, 1.165) is 6.92 Å². The third-order valence-corrected chi connectivity index (χ3v) is 3.21. The second-order valence-electron chi connectivity index (χ2n) is 4.48. The summed E-state index contributed by atoms with van der Waals surface area (Å²) >= 11 is 10.9. The smallest absolute Gasteiger partial charge is 0.303 e. The summed E-state index contributed by atoms with van der Waals surface area (Å²) in [7, 11) is 0. The number of aliphatic hydroxyl groups is 1. The van der Waals surface area contributed by atoms with Gasteiger partial charge in [-0.3, -0.25) is 19.7 Å². The largest absolute Gasteiger partial charge is 0.455 e. The van der Waals surface area contributed by atoms with Crippen LogP contribution in [0.5, 0.6) is 0 Å². The monoisotopic (exact) mass is 364 g/mol. The van der Waals surface area contributed by atoms with Crippen LogP contribution in [0.15, 0.2) is 24.3 Å². The summed E-state index contributed by atoms with van der Waals surface area (Å²) in [4.78, 5) is 31.5. The zero-order valence-electron chi connectivity index (χ0n) is 11.9. The number of halogens is 2. The number of esters is 1. The number of nitro groups is 1. The first kappa shape index (κ1) is 19.1. The summed E-state index contributed by atoms with van der Waals surface area (Å²) in [5, 5.41) is 22.5. The number of amides is 1. The van der Waals surface area contributed by atoms with Crippen molar-refractivity contribution >= 4 is 40.8 Å². The number of benzene rings is 1. The zero-order chi connectivity index (χ0) is 17.6. The second kappa shape index (κ2) is 8.66. The van der Waals surface area contributed by atoms with Crippen LogP contribution in [0.3, 0.4) is 0 Å². The highest BCUT2D eigenvalue weighted by Gasteiger charge is 2.29. The topological polar surface area (TPSA) is 119 Å². The number of aliphatic hydroxyl groups excluding tert-OH is 1. The van der Waals surface area contributed by atoms with Gasteiger partial charge in [0.15, 0.2) is 4.84 Å². The van der Waals surface area contributed by atoms with E-state index in [4.69, 9.17) is 27.9 Å². The molecule has 0 spiro atoms. The van der Waals surface area contributed by atoms with Gasteiger partial charge in [-0.25, -0.2) is 0 Å². The third kappa shape index (κ3) is 5.66. The van der Waals surface area contributed by atoms with Crippen LogP contribution in [-0.4, -0.2) is 39.4 Å². The first-order chi connectivity index (χ1) is 10.8. The summed E-state index contributed by atoms with van der Waals surface area (Å²) in [6.45, 7) is 0.585. The molecule has 0 saturated carbocycles. The van der Waals surface area contributed by atoms with E-state index >= 15 is 0 Å². The first-order valence-electron chi connectivity index (χ1n) is 6.37. The van der Waals surface area contributed by atoms with Gasteiger partial charge in [0, 0.05) is 19.1 Å². The van der Waals surface area contributed by atoms with Crippen molar-refractivity contribution in [2.45, 2.75) is 23.9 Å². The third-order valence-electron chi connectivity index (χ3n) is 2.81. The predicted octanol–water partition coefficient (Wildman–Crippen LogP) is 1.48. The maximum absolute atomic E-state index is 11.6. The number of non-ortho nitro benzene ring substituents is 1. The van der Waals surface area contributed by atoms with Gasteiger partial charge in [-0.1, -0.05) is 23.2 Å². The average Bonchev–Trinajstić information content (AvgIpc) is 2.50. The Hall–Kier alpha value is -1.90. The standard InChI is InChI=1S/C13H14Cl2N2O6/c1-7(19)23-11(10(6-18)16-13(20)12(14)15)8-2-4-9(5-3-8)17(21)22/h2-5,10-12,18H,6H2,1H3,(H,16,20)/t10-,11-/m0/s1. The van der Waals surface area contributed by atoms with E-state index < -0.39 is 40.4 Å². The molecule has 1 aromatic carbocycles. The minimum absolute atomic E-state index is 0.151. The van der Waals surface area contributed by atoms with E-state index in [1.807, 2.05) is 0 Å². The van der Waals surface area contributed by atoms with Crippen LogP contribution in [0.4, 0.5) is 5.69 Å². The molecule has 1 rings (SSSR count). The Morgan fingerprint density at radius 3 is 2.30 bits per heavy atom. The van der Waals surface area contributed by atoms with E-state index in [2.05, 4.69) is 5.32 Å².